The Balaban J connectivity index is 2.35. The van der Waals surface area contributed by atoms with E-state index in [1.807, 2.05) is 13.0 Å². The quantitative estimate of drug-likeness (QED) is 0.814. The minimum atomic E-state index is -0.0289. The molecule has 1 aromatic carbocycles. The summed E-state index contributed by atoms with van der Waals surface area (Å²) in [5.74, 6) is 0.803. The molecule has 0 saturated heterocycles. The zero-order valence-electron chi connectivity index (χ0n) is 8.84. The van der Waals surface area contributed by atoms with Crippen LogP contribution >= 0.6 is 0 Å². The molecule has 5 heteroatoms. The third-order valence-electron chi connectivity index (χ3n) is 2.19. The van der Waals surface area contributed by atoms with Crippen molar-refractivity contribution in [3.05, 3.63) is 29.6 Å². The molecule has 84 valence electrons. The average Bonchev–Trinajstić information content (AvgIpc) is 2.67. The standard InChI is InChI=1S/C11H12N2O3/c1-7-2-3-8(9(15)6-7)11-12-10(4-5-14)13-16-11/h2-3,6,14-15H,4-5H2,1H3. The van der Waals surface area contributed by atoms with Crippen molar-refractivity contribution in [1.29, 1.82) is 0 Å². The van der Waals surface area contributed by atoms with E-state index in [1.165, 1.54) is 0 Å². The lowest BCUT2D eigenvalue weighted by Crippen LogP contribution is -1.92. The van der Waals surface area contributed by atoms with Crippen molar-refractivity contribution in [3.63, 3.8) is 0 Å². The van der Waals surface area contributed by atoms with Gasteiger partial charge in [-0.3, -0.25) is 0 Å². The molecule has 0 atom stereocenters. The highest BCUT2D eigenvalue weighted by atomic mass is 16.5. The Morgan fingerprint density at radius 3 is 2.88 bits per heavy atom. The Labute approximate surface area is 92.4 Å². The van der Waals surface area contributed by atoms with Crippen molar-refractivity contribution in [2.24, 2.45) is 0 Å². The van der Waals surface area contributed by atoms with Gasteiger partial charge in [0.15, 0.2) is 5.82 Å². The van der Waals surface area contributed by atoms with Crippen LogP contribution in [0, 0.1) is 6.92 Å². The Hall–Kier alpha value is -1.88. The summed E-state index contributed by atoms with van der Waals surface area (Å²) in [6.07, 6.45) is 0.343. The summed E-state index contributed by atoms with van der Waals surface area (Å²) in [6.45, 7) is 1.85. The lowest BCUT2D eigenvalue weighted by atomic mass is 10.1. The van der Waals surface area contributed by atoms with Crippen LogP contribution < -0.4 is 0 Å². The highest BCUT2D eigenvalue weighted by Gasteiger charge is 2.12. The van der Waals surface area contributed by atoms with E-state index in [-0.39, 0.29) is 18.2 Å². The monoisotopic (exact) mass is 220 g/mol. The highest BCUT2D eigenvalue weighted by Crippen LogP contribution is 2.28. The van der Waals surface area contributed by atoms with Gasteiger partial charge in [0, 0.05) is 6.42 Å². The maximum atomic E-state index is 9.71. The molecule has 0 fully saturated rings. The van der Waals surface area contributed by atoms with Gasteiger partial charge in [-0.1, -0.05) is 11.2 Å². The van der Waals surface area contributed by atoms with E-state index in [1.54, 1.807) is 12.1 Å². The van der Waals surface area contributed by atoms with E-state index in [0.29, 0.717) is 17.8 Å². The van der Waals surface area contributed by atoms with Crippen LogP contribution in [0.5, 0.6) is 5.75 Å². The predicted octanol–water partition coefficient (Wildman–Crippen LogP) is 1.29. The number of phenolic OH excluding ortho intramolecular Hbond substituents is 1. The lowest BCUT2D eigenvalue weighted by molar-refractivity contribution is 0.293. The number of nitrogens with zero attached hydrogens (tertiary/aromatic N) is 2. The number of aliphatic hydroxyl groups excluding tert-OH is 1. The third kappa shape index (κ3) is 2.04. The normalized spacial score (nSPS) is 10.6. The molecule has 0 radical (unpaired) electrons. The number of hydrogen-bond acceptors (Lipinski definition) is 5. The van der Waals surface area contributed by atoms with E-state index >= 15 is 0 Å². The fourth-order valence-electron chi connectivity index (χ4n) is 1.39. The SMILES string of the molecule is Cc1ccc(-c2nc(CCO)no2)c(O)c1. The molecule has 2 aromatic rings. The second-order valence-electron chi connectivity index (χ2n) is 3.51. The molecule has 0 aliphatic rings. The number of aliphatic hydroxyl groups is 1. The minimum absolute atomic E-state index is 0.0289. The first-order valence-electron chi connectivity index (χ1n) is 4.94. The summed E-state index contributed by atoms with van der Waals surface area (Å²) < 4.78 is 4.99. The molecule has 0 amide bonds. The van der Waals surface area contributed by atoms with Crippen LogP contribution in [0.2, 0.25) is 0 Å². The Morgan fingerprint density at radius 2 is 2.19 bits per heavy atom. The summed E-state index contributed by atoms with van der Waals surface area (Å²) in [7, 11) is 0. The number of aromatic hydroxyl groups is 1. The van der Waals surface area contributed by atoms with Crippen molar-refractivity contribution in [2.45, 2.75) is 13.3 Å². The van der Waals surface area contributed by atoms with Gasteiger partial charge >= 0.3 is 0 Å². The van der Waals surface area contributed by atoms with Crippen molar-refractivity contribution in [1.82, 2.24) is 10.1 Å². The molecule has 0 bridgehead atoms. The van der Waals surface area contributed by atoms with Crippen LogP contribution in [0.3, 0.4) is 0 Å². The molecule has 2 rings (SSSR count). The predicted molar refractivity (Wildman–Crippen MR) is 56.9 cm³/mol. The lowest BCUT2D eigenvalue weighted by Gasteiger charge is -1.99. The molecule has 2 N–H and O–H groups in total. The van der Waals surface area contributed by atoms with Crippen molar-refractivity contribution in [2.75, 3.05) is 6.61 Å². The van der Waals surface area contributed by atoms with Gasteiger partial charge in [0.2, 0.25) is 0 Å². The second kappa shape index (κ2) is 4.32. The van der Waals surface area contributed by atoms with Gasteiger partial charge < -0.3 is 14.7 Å². The molecule has 0 unspecified atom stereocenters. The minimum Gasteiger partial charge on any atom is -0.507 e. The van der Waals surface area contributed by atoms with Gasteiger partial charge in [-0.05, 0) is 24.6 Å². The van der Waals surface area contributed by atoms with Gasteiger partial charge in [0.25, 0.3) is 5.89 Å². The van der Waals surface area contributed by atoms with Crippen molar-refractivity contribution < 1.29 is 14.7 Å². The number of rotatable bonds is 3. The fraction of sp³-hybridized carbons (Fsp3) is 0.273. The maximum absolute atomic E-state index is 9.71. The molecule has 0 aliphatic heterocycles. The van der Waals surface area contributed by atoms with Gasteiger partial charge in [0.1, 0.15) is 5.75 Å². The Kier molecular flexibility index (Phi) is 2.87. The van der Waals surface area contributed by atoms with Crippen LogP contribution in [0.1, 0.15) is 11.4 Å². The molecule has 0 spiro atoms. The largest absolute Gasteiger partial charge is 0.507 e. The molecular weight excluding hydrogens is 208 g/mol. The topological polar surface area (TPSA) is 79.4 Å². The highest BCUT2D eigenvalue weighted by molar-refractivity contribution is 5.62. The second-order valence-corrected chi connectivity index (χ2v) is 3.51. The smallest absolute Gasteiger partial charge is 0.261 e. The van der Waals surface area contributed by atoms with Gasteiger partial charge in [-0.2, -0.15) is 4.98 Å². The van der Waals surface area contributed by atoms with Crippen LogP contribution in [0.4, 0.5) is 0 Å². The molecule has 16 heavy (non-hydrogen) atoms. The van der Waals surface area contributed by atoms with Crippen LogP contribution in [0.25, 0.3) is 11.5 Å². The van der Waals surface area contributed by atoms with Crippen LogP contribution in [-0.4, -0.2) is 27.0 Å². The van der Waals surface area contributed by atoms with E-state index in [0.717, 1.165) is 5.56 Å². The van der Waals surface area contributed by atoms with Gasteiger partial charge in [0.05, 0.1) is 12.2 Å². The number of aryl methyl sites for hydroxylation is 1. The molecule has 0 aliphatic carbocycles. The maximum Gasteiger partial charge on any atom is 0.261 e. The number of benzene rings is 1. The molecule has 1 aromatic heterocycles. The summed E-state index contributed by atoms with van der Waals surface area (Å²) in [5.41, 5.74) is 1.46. The van der Waals surface area contributed by atoms with E-state index in [2.05, 4.69) is 10.1 Å². The van der Waals surface area contributed by atoms with E-state index < -0.39 is 0 Å². The fourth-order valence-corrected chi connectivity index (χ4v) is 1.39. The summed E-state index contributed by atoms with van der Waals surface area (Å²) >= 11 is 0. The molecular formula is C11H12N2O3. The van der Waals surface area contributed by atoms with Gasteiger partial charge in [-0.25, -0.2) is 0 Å². The summed E-state index contributed by atoms with van der Waals surface area (Å²) in [5, 5.41) is 22.1. The Morgan fingerprint density at radius 1 is 1.38 bits per heavy atom. The average molecular weight is 220 g/mol. The van der Waals surface area contributed by atoms with Crippen LogP contribution in [0.15, 0.2) is 22.7 Å². The zero-order valence-corrected chi connectivity index (χ0v) is 8.84. The number of phenols is 1. The molecule has 1 heterocycles. The first kappa shape index (κ1) is 10.6. The summed E-state index contributed by atoms with van der Waals surface area (Å²) in [6, 6.07) is 5.21. The molecule has 5 nitrogen and oxygen atoms in total. The first-order valence-corrected chi connectivity index (χ1v) is 4.94. The Bertz CT molecular complexity index is 494. The number of aromatic nitrogens is 2. The van der Waals surface area contributed by atoms with Crippen LogP contribution in [-0.2, 0) is 6.42 Å². The molecule has 0 saturated carbocycles. The third-order valence-corrected chi connectivity index (χ3v) is 2.19. The zero-order chi connectivity index (χ0) is 11.5. The summed E-state index contributed by atoms with van der Waals surface area (Å²) in [4.78, 5) is 4.06. The first-order chi connectivity index (χ1) is 7.70. The van der Waals surface area contributed by atoms with Crippen molar-refractivity contribution >= 4 is 0 Å². The number of hydrogen-bond donors (Lipinski definition) is 2. The van der Waals surface area contributed by atoms with Crippen molar-refractivity contribution in [3.8, 4) is 17.2 Å². The van der Waals surface area contributed by atoms with Gasteiger partial charge in [-0.15, -0.1) is 0 Å². The van der Waals surface area contributed by atoms with E-state index in [9.17, 15) is 5.11 Å². The van der Waals surface area contributed by atoms with E-state index in [4.69, 9.17) is 9.63 Å².